The summed E-state index contributed by atoms with van der Waals surface area (Å²) in [5.41, 5.74) is 1.21. The van der Waals surface area contributed by atoms with E-state index in [-0.39, 0.29) is 6.10 Å². The minimum atomic E-state index is 0.207. The van der Waals surface area contributed by atoms with Gasteiger partial charge in [0.2, 0.25) is 0 Å². The molecule has 3 heteroatoms. The van der Waals surface area contributed by atoms with E-state index in [9.17, 15) is 0 Å². The topological polar surface area (TPSA) is 21.3 Å². The van der Waals surface area contributed by atoms with Gasteiger partial charge in [-0.2, -0.15) is 0 Å². The van der Waals surface area contributed by atoms with Crippen molar-refractivity contribution in [3.8, 4) is 0 Å². The van der Waals surface area contributed by atoms with Crippen LogP contribution in [0.25, 0.3) is 10.1 Å². The number of rotatable bonds is 4. The molecule has 1 heterocycles. The second-order valence-electron chi connectivity index (χ2n) is 4.02. The van der Waals surface area contributed by atoms with Crippen molar-refractivity contribution in [1.82, 2.24) is 0 Å². The molecule has 1 aromatic heterocycles. The average molecular weight is 235 g/mol. The maximum Gasteiger partial charge on any atom is 0.0741 e. The Morgan fingerprint density at radius 1 is 1.25 bits per heavy atom. The van der Waals surface area contributed by atoms with Gasteiger partial charge in [0.1, 0.15) is 0 Å². The van der Waals surface area contributed by atoms with Crippen LogP contribution in [0.3, 0.4) is 0 Å². The molecule has 1 aromatic carbocycles. The zero-order chi connectivity index (χ0) is 11.5. The normalized spacial score (nSPS) is 14.9. The lowest BCUT2D eigenvalue weighted by molar-refractivity contribution is 0.106. The second-order valence-corrected chi connectivity index (χ2v) is 4.93. The lowest BCUT2D eigenvalue weighted by Crippen LogP contribution is -2.29. The average Bonchev–Trinajstić information content (AvgIpc) is 2.72. The number of hydrogen-bond donors (Lipinski definition) is 1. The molecule has 16 heavy (non-hydrogen) atoms. The summed E-state index contributed by atoms with van der Waals surface area (Å²) in [7, 11) is 1.74. The largest absolute Gasteiger partial charge is 0.380 e. The summed E-state index contributed by atoms with van der Waals surface area (Å²) >= 11 is 1.77. The van der Waals surface area contributed by atoms with Crippen LogP contribution in [-0.4, -0.2) is 19.3 Å². The quantitative estimate of drug-likeness (QED) is 0.871. The molecule has 1 N–H and O–H groups in total. The molecule has 2 nitrogen and oxygen atoms in total. The number of thiophene rings is 1. The highest BCUT2D eigenvalue weighted by Gasteiger charge is 2.12. The molecule has 2 rings (SSSR count). The summed E-state index contributed by atoms with van der Waals surface area (Å²) in [6.45, 7) is 4.22. The molecule has 0 saturated carbocycles. The first-order valence-corrected chi connectivity index (χ1v) is 6.36. The fourth-order valence-corrected chi connectivity index (χ4v) is 2.56. The first kappa shape index (κ1) is 11.4. The van der Waals surface area contributed by atoms with Crippen molar-refractivity contribution in [2.24, 2.45) is 0 Å². The highest BCUT2D eigenvalue weighted by atomic mass is 32.1. The Morgan fingerprint density at radius 2 is 2.00 bits per heavy atom. The minimum Gasteiger partial charge on any atom is -0.380 e. The fraction of sp³-hybridized carbons (Fsp3) is 0.385. The van der Waals surface area contributed by atoms with Gasteiger partial charge in [-0.05, 0) is 19.9 Å². The molecule has 0 fully saturated rings. The van der Waals surface area contributed by atoms with Gasteiger partial charge in [0.25, 0.3) is 0 Å². The Hall–Kier alpha value is -1.06. The van der Waals surface area contributed by atoms with Gasteiger partial charge in [-0.25, -0.2) is 0 Å². The van der Waals surface area contributed by atoms with Crippen LogP contribution in [-0.2, 0) is 4.74 Å². The Balaban J connectivity index is 2.21. The zero-order valence-electron chi connectivity index (χ0n) is 9.86. The molecule has 2 unspecified atom stereocenters. The summed E-state index contributed by atoms with van der Waals surface area (Å²) in [4.78, 5) is 0. The smallest absolute Gasteiger partial charge is 0.0741 e. The second kappa shape index (κ2) is 4.85. The third-order valence-electron chi connectivity index (χ3n) is 2.94. The van der Waals surface area contributed by atoms with E-state index in [1.165, 1.54) is 15.8 Å². The number of fused-ring (bicyclic) bond motifs is 1. The van der Waals surface area contributed by atoms with Crippen LogP contribution >= 0.6 is 11.3 Å². The predicted octanol–water partition coefficient (Wildman–Crippen LogP) is 3.74. The molecule has 2 atom stereocenters. The van der Waals surface area contributed by atoms with Gasteiger partial charge in [0, 0.05) is 28.6 Å². The zero-order valence-corrected chi connectivity index (χ0v) is 10.7. The maximum absolute atomic E-state index is 5.31. The van der Waals surface area contributed by atoms with E-state index in [1.807, 2.05) is 0 Å². The van der Waals surface area contributed by atoms with Gasteiger partial charge in [0.05, 0.1) is 11.8 Å². The first-order valence-electron chi connectivity index (χ1n) is 5.48. The molecular weight excluding hydrogens is 218 g/mol. The van der Waals surface area contributed by atoms with Gasteiger partial charge in [-0.3, -0.25) is 0 Å². The van der Waals surface area contributed by atoms with Crippen LogP contribution in [0.2, 0.25) is 0 Å². The predicted molar refractivity (Wildman–Crippen MR) is 71.4 cm³/mol. The molecule has 0 aliphatic rings. The molecule has 86 valence electrons. The van der Waals surface area contributed by atoms with E-state index >= 15 is 0 Å². The lowest BCUT2D eigenvalue weighted by Gasteiger charge is -2.20. The Morgan fingerprint density at radius 3 is 2.75 bits per heavy atom. The van der Waals surface area contributed by atoms with E-state index in [1.54, 1.807) is 18.4 Å². The van der Waals surface area contributed by atoms with Crippen molar-refractivity contribution in [1.29, 1.82) is 0 Å². The number of nitrogens with one attached hydrogen (secondary N) is 1. The van der Waals surface area contributed by atoms with E-state index in [0.717, 1.165) is 0 Å². The van der Waals surface area contributed by atoms with Crippen LogP contribution in [0.4, 0.5) is 5.69 Å². The molecule has 0 spiro atoms. The maximum atomic E-state index is 5.31. The third kappa shape index (κ3) is 2.20. The van der Waals surface area contributed by atoms with Crippen molar-refractivity contribution < 1.29 is 4.74 Å². The highest BCUT2D eigenvalue weighted by Crippen LogP contribution is 2.30. The van der Waals surface area contributed by atoms with Gasteiger partial charge in [0.15, 0.2) is 0 Å². The van der Waals surface area contributed by atoms with Gasteiger partial charge < -0.3 is 10.1 Å². The van der Waals surface area contributed by atoms with E-state index in [0.29, 0.717) is 6.04 Å². The Kier molecular flexibility index (Phi) is 3.46. The van der Waals surface area contributed by atoms with Crippen molar-refractivity contribution >= 4 is 27.1 Å². The van der Waals surface area contributed by atoms with E-state index in [2.05, 4.69) is 48.8 Å². The monoisotopic (exact) mass is 235 g/mol. The first-order chi connectivity index (χ1) is 7.72. The summed E-state index contributed by atoms with van der Waals surface area (Å²) < 4.78 is 6.64. The molecule has 0 amide bonds. The van der Waals surface area contributed by atoms with Crippen molar-refractivity contribution in [3.05, 3.63) is 29.6 Å². The van der Waals surface area contributed by atoms with Gasteiger partial charge in [-0.1, -0.05) is 18.2 Å². The van der Waals surface area contributed by atoms with E-state index < -0.39 is 0 Å². The van der Waals surface area contributed by atoms with Crippen LogP contribution in [0, 0.1) is 0 Å². The van der Waals surface area contributed by atoms with Crippen LogP contribution in [0.15, 0.2) is 29.6 Å². The molecular formula is C13H17NOS. The van der Waals surface area contributed by atoms with Crippen LogP contribution in [0.5, 0.6) is 0 Å². The van der Waals surface area contributed by atoms with Gasteiger partial charge >= 0.3 is 0 Å². The summed E-state index contributed by atoms with van der Waals surface area (Å²) in [5.74, 6) is 0. The Labute approximate surface area is 100 Å². The standard InChI is InChI=1S/C13H17NOS/c1-9(10(2)15-3)14-12-8-16-13-7-5-4-6-11(12)13/h4-10,14H,1-3H3. The van der Waals surface area contributed by atoms with Crippen molar-refractivity contribution in [2.45, 2.75) is 26.0 Å². The van der Waals surface area contributed by atoms with Gasteiger partial charge in [-0.15, -0.1) is 11.3 Å². The van der Waals surface area contributed by atoms with Crippen molar-refractivity contribution in [3.63, 3.8) is 0 Å². The molecule has 0 aliphatic carbocycles. The fourth-order valence-electron chi connectivity index (χ4n) is 1.66. The summed E-state index contributed by atoms with van der Waals surface area (Å²) in [5, 5.41) is 6.97. The molecule has 0 aliphatic heterocycles. The molecule has 0 saturated heterocycles. The van der Waals surface area contributed by atoms with Crippen LogP contribution in [0.1, 0.15) is 13.8 Å². The highest BCUT2D eigenvalue weighted by molar-refractivity contribution is 7.17. The number of methoxy groups -OCH3 is 1. The van der Waals surface area contributed by atoms with E-state index in [4.69, 9.17) is 4.74 Å². The third-order valence-corrected chi connectivity index (χ3v) is 3.90. The molecule has 2 aromatic rings. The van der Waals surface area contributed by atoms with Crippen LogP contribution < -0.4 is 5.32 Å². The number of hydrogen-bond acceptors (Lipinski definition) is 3. The SMILES string of the molecule is COC(C)C(C)Nc1csc2ccccc12. The number of benzene rings is 1. The number of ether oxygens (including phenoxy) is 1. The minimum absolute atomic E-state index is 0.207. The Bertz CT molecular complexity index is 466. The number of anilines is 1. The molecule has 0 bridgehead atoms. The summed E-state index contributed by atoms with van der Waals surface area (Å²) in [6.07, 6.45) is 0.207. The lowest BCUT2D eigenvalue weighted by atomic mass is 10.2. The van der Waals surface area contributed by atoms with Crippen molar-refractivity contribution in [2.75, 3.05) is 12.4 Å². The summed E-state index contributed by atoms with van der Waals surface area (Å²) in [6, 6.07) is 8.76. The molecule has 0 radical (unpaired) electrons.